The number of hydrogen-bond donors (Lipinski definition) is 2. The van der Waals surface area contributed by atoms with E-state index in [2.05, 4.69) is 15.7 Å². The number of carbonyl (C=O) groups excluding carboxylic acids is 2. The Morgan fingerprint density at radius 1 is 1.00 bits per heavy atom. The van der Waals surface area contributed by atoms with Crippen LogP contribution < -0.4 is 10.6 Å². The summed E-state index contributed by atoms with van der Waals surface area (Å²) in [7, 11) is 0. The molecule has 0 atom stereocenters. The minimum atomic E-state index is -0.310. The van der Waals surface area contributed by atoms with Crippen LogP contribution in [0.15, 0.2) is 54.6 Å². The van der Waals surface area contributed by atoms with Crippen molar-refractivity contribution in [2.45, 2.75) is 13.8 Å². The van der Waals surface area contributed by atoms with Gasteiger partial charge >= 0.3 is 0 Å². The molecule has 182 valence electrons. The summed E-state index contributed by atoms with van der Waals surface area (Å²) in [6.07, 6.45) is 3.16. The molecule has 1 aliphatic heterocycles. The second-order valence-electron chi connectivity index (χ2n) is 8.31. The molecule has 3 aromatic rings. The van der Waals surface area contributed by atoms with Gasteiger partial charge in [-0.2, -0.15) is 5.10 Å². The van der Waals surface area contributed by atoms with E-state index in [0.29, 0.717) is 31.1 Å². The smallest absolute Gasteiger partial charge is 0.248 e. The van der Waals surface area contributed by atoms with Crippen molar-refractivity contribution >= 4 is 29.3 Å². The van der Waals surface area contributed by atoms with Crippen LogP contribution in [0.25, 0.3) is 11.8 Å². The van der Waals surface area contributed by atoms with Gasteiger partial charge in [0.1, 0.15) is 5.82 Å². The van der Waals surface area contributed by atoms with Crippen LogP contribution in [0.4, 0.5) is 15.8 Å². The molecule has 1 aliphatic rings. The fraction of sp³-hybridized carbons (Fsp3) is 0.269. The first-order valence-electron chi connectivity index (χ1n) is 11.4. The van der Waals surface area contributed by atoms with E-state index in [1.165, 1.54) is 18.2 Å². The highest BCUT2D eigenvalue weighted by Crippen LogP contribution is 2.20. The molecule has 8 nitrogen and oxygen atoms in total. The monoisotopic (exact) mass is 477 g/mol. The molecule has 0 unspecified atom stereocenters. The SMILES string of the molecule is Cc1nn(-c2ccc(F)cc2)c(C)c1/C=C/C(=O)Nc1ccc(NC(=O)CN2CCOCC2)cc1. The first kappa shape index (κ1) is 24.3. The highest BCUT2D eigenvalue weighted by molar-refractivity contribution is 6.02. The van der Waals surface area contributed by atoms with E-state index in [0.717, 1.165) is 35.7 Å². The zero-order valence-electron chi connectivity index (χ0n) is 19.8. The number of anilines is 2. The Labute approximate surface area is 203 Å². The molecule has 2 heterocycles. The molecule has 2 amide bonds. The average molecular weight is 478 g/mol. The number of rotatable bonds is 7. The first-order valence-corrected chi connectivity index (χ1v) is 11.4. The Bertz CT molecular complexity index is 1210. The Balaban J connectivity index is 1.33. The minimum Gasteiger partial charge on any atom is -0.379 e. The number of benzene rings is 2. The molecule has 0 spiro atoms. The van der Waals surface area contributed by atoms with Gasteiger partial charge in [0.15, 0.2) is 0 Å². The summed E-state index contributed by atoms with van der Waals surface area (Å²) in [5.74, 6) is -0.684. The second-order valence-corrected chi connectivity index (χ2v) is 8.31. The first-order chi connectivity index (χ1) is 16.9. The van der Waals surface area contributed by atoms with Gasteiger partial charge in [0.05, 0.1) is 31.1 Å². The number of halogens is 1. The lowest BCUT2D eigenvalue weighted by Gasteiger charge is -2.25. The number of aryl methyl sites for hydroxylation is 1. The number of nitrogens with one attached hydrogen (secondary N) is 2. The Morgan fingerprint density at radius 2 is 1.63 bits per heavy atom. The summed E-state index contributed by atoms with van der Waals surface area (Å²) < 4.78 is 20.2. The summed E-state index contributed by atoms with van der Waals surface area (Å²) in [5.41, 5.74) is 4.44. The van der Waals surface area contributed by atoms with Crippen LogP contribution in [0.3, 0.4) is 0 Å². The van der Waals surface area contributed by atoms with Gasteiger partial charge in [-0.1, -0.05) is 0 Å². The molecule has 0 radical (unpaired) electrons. The molecule has 1 fully saturated rings. The maximum atomic E-state index is 13.2. The fourth-order valence-corrected chi connectivity index (χ4v) is 3.87. The normalized spacial score (nSPS) is 14.3. The number of aromatic nitrogens is 2. The lowest BCUT2D eigenvalue weighted by molar-refractivity contribution is -0.118. The summed E-state index contributed by atoms with van der Waals surface area (Å²) in [5, 5.41) is 10.2. The Hall–Kier alpha value is -3.82. The molecule has 35 heavy (non-hydrogen) atoms. The molecule has 1 saturated heterocycles. The van der Waals surface area contributed by atoms with Crippen molar-refractivity contribution in [1.29, 1.82) is 0 Å². The van der Waals surface area contributed by atoms with E-state index in [1.54, 1.807) is 47.2 Å². The van der Waals surface area contributed by atoms with Crippen molar-refractivity contribution in [3.05, 3.63) is 77.4 Å². The van der Waals surface area contributed by atoms with Crippen LogP contribution in [0.5, 0.6) is 0 Å². The Kier molecular flexibility index (Phi) is 7.69. The third kappa shape index (κ3) is 6.40. The maximum absolute atomic E-state index is 13.2. The molecular weight excluding hydrogens is 449 g/mol. The number of hydrogen-bond acceptors (Lipinski definition) is 5. The van der Waals surface area contributed by atoms with E-state index in [4.69, 9.17) is 4.74 Å². The number of carbonyl (C=O) groups is 2. The van der Waals surface area contributed by atoms with Crippen LogP contribution in [0.2, 0.25) is 0 Å². The third-order valence-electron chi connectivity index (χ3n) is 5.73. The maximum Gasteiger partial charge on any atom is 0.248 e. The molecule has 1 aromatic heterocycles. The van der Waals surface area contributed by atoms with Gasteiger partial charge in [0.2, 0.25) is 11.8 Å². The van der Waals surface area contributed by atoms with Gasteiger partial charge in [-0.05, 0) is 68.5 Å². The summed E-state index contributed by atoms with van der Waals surface area (Å²) in [6.45, 7) is 6.86. The van der Waals surface area contributed by atoms with Gasteiger partial charge in [-0.25, -0.2) is 9.07 Å². The number of morpholine rings is 1. The van der Waals surface area contributed by atoms with E-state index >= 15 is 0 Å². The molecule has 0 saturated carbocycles. The lowest BCUT2D eigenvalue weighted by Crippen LogP contribution is -2.41. The zero-order valence-corrected chi connectivity index (χ0v) is 19.8. The van der Waals surface area contributed by atoms with Crippen LogP contribution in [-0.2, 0) is 14.3 Å². The minimum absolute atomic E-state index is 0.0847. The molecule has 4 rings (SSSR count). The third-order valence-corrected chi connectivity index (χ3v) is 5.73. The van der Waals surface area contributed by atoms with Gasteiger partial charge in [0.25, 0.3) is 0 Å². The lowest BCUT2D eigenvalue weighted by atomic mass is 10.2. The van der Waals surface area contributed by atoms with Crippen LogP contribution in [-0.4, -0.2) is 59.3 Å². The number of nitrogens with zero attached hydrogens (tertiary/aromatic N) is 3. The number of amides is 2. The van der Waals surface area contributed by atoms with E-state index in [-0.39, 0.29) is 17.6 Å². The molecule has 2 N–H and O–H groups in total. The van der Waals surface area contributed by atoms with Gasteiger partial charge < -0.3 is 15.4 Å². The highest BCUT2D eigenvalue weighted by Gasteiger charge is 2.14. The standard InChI is InChI=1S/C26H28FN5O3/c1-18-24(19(2)32(30-18)23-9-3-20(27)4-10-23)11-12-25(33)28-21-5-7-22(8-6-21)29-26(34)17-31-13-15-35-16-14-31/h3-12H,13-17H2,1-2H3,(H,28,33)(H,29,34)/b12-11+. The largest absolute Gasteiger partial charge is 0.379 e. The van der Waals surface area contributed by atoms with Crippen molar-refractivity contribution in [1.82, 2.24) is 14.7 Å². The predicted octanol–water partition coefficient (Wildman–Crippen LogP) is 3.55. The average Bonchev–Trinajstić information content (AvgIpc) is 3.13. The molecule has 0 bridgehead atoms. The zero-order chi connectivity index (χ0) is 24.8. The molecule has 2 aromatic carbocycles. The summed E-state index contributed by atoms with van der Waals surface area (Å²) in [6, 6.07) is 13.0. The van der Waals surface area contributed by atoms with Gasteiger partial charge in [-0.3, -0.25) is 14.5 Å². The van der Waals surface area contributed by atoms with Gasteiger partial charge in [-0.15, -0.1) is 0 Å². The highest BCUT2D eigenvalue weighted by atomic mass is 19.1. The predicted molar refractivity (Wildman–Crippen MR) is 133 cm³/mol. The summed E-state index contributed by atoms with van der Waals surface area (Å²) in [4.78, 5) is 26.7. The van der Waals surface area contributed by atoms with E-state index < -0.39 is 0 Å². The van der Waals surface area contributed by atoms with Crippen molar-refractivity contribution in [2.24, 2.45) is 0 Å². The van der Waals surface area contributed by atoms with Crippen LogP contribution in [0, 0.1) is 19.7 Å². The Morgan fingerprint density at radius 3 is 2.29 bits per heavy atom. The van der Waals surface area contributed by atoms with Crippen molar-refractivity contribution < 1.29 is 18.7 Å². The number of ether oxygens (including phenoxy) is 1. The fourth-order valence-electron chi connectivity index (χ4n) is 3.87. The van der Waals surface area contributed by atoms with E-state index in [1.807, 2.05) is 18.7 Å². The van der Waals surface area contributed by atoms with Crippen molar-refractivity contribution in [3.63, 3.8) is 0 Å². The topological polar surface area (TPSA) is 88.5 Å². The van der Waals surface area contributed by atoms with Crippen molar-refractivity contribution in [3.8, 4) is 5.69 Å². The van der Waals surface area contributed by atoms with E-state index in [9.17, 15) is 14.0 Å². The molecular formula is C26H28FN5O3. The van der Waals surface area contributed by atoms with Crippen LogP contribution in [0.1, 0.15) is 17.0 Å². The van der Waals surface area contributed by atoms with Gasteiger partial charge in [0, 0.05) is 41.8 Å². The molecule has 9 heteroatoms. The summed E-state index contributed by atoms with van der Waals surface area (Å²) >= 11 is 0. The van der Waals surface area contributed by atoms with Crippen LogP contribution >= 0.6 is 0 Å². The molecule has 0 aliphatic carbocycles. The second kappa shape index (κ2) is 11.1. The quantitative estimate of drug-likeness (QED) is 0.508. The van der Waals surface area contributed by atoms with Crippen molar-refractivity contribution in [2.75, 3.05) is 43.5 Å².